The molecule has 2 saturated heterocycles. The summed E-state index contributed by atoms with van der Waals surface area (Å²) < 4.78 is 18.6. The van der Waals surface area contributed by atoms with E-state index in [0.717, 1.165) is 19.7 Å². The monoisotopic (exact) mass is 230 g/mol. The zero-order chi connectivity index (χ0) is 11.7. The molecule has 0 amide bonds. The van der Waals surface area contributed by atoms with Gasteiger partial charge in [0.05, 0.1) is 12.7 Å². The fraction of sp³-hybridized carbons (Fsp3) is 1.00. The number of likely N-dealkylation sites (tertiary alicyclic amines) is 1. The summed E-state index contributed by atoms with van der Waals surface area (Å²) in [4.78, 5) is 4.62. The van der Waals surface area contributed by atoms with Gasteiger partial charge in [0.15, 0.2) is 0 Å². The number of hydrogen-bond donors (Lipinski definition) is 0. The lowest BCUT2D eigenvalue weighted by Crippen LogP contribution is -2.60. The maximum Gasteiger partial charge on any atom is 0.125 e. The molecule has 2 heterocycles. The Morgan fingerprint density at radius 2 is 1.81 bits per heavy atom. The van der Waals surface area contributed by atoms with Gasteiger partial charge in [0.2, 0.25) is 0 Å². The van der Waals surface area contributed by atoms with Gasteiger partial charge in [-0.05, 0) is 20.8 Å². The molecule has 2 fully saturated rings. The third-order valence-corrected chi connectivity index (χ3v) is 3.83. The van der Waals surface area contributed by atoms with Crippen LogP contribution in [0.1, 0.15) is 20.8 Å². The van der Waals surface area contributed by atoms with Crippen LogP contribution >= 0.6 is 0 Å². The zero-order valence-corrected chi connectivity index (χ0v) is 10.5. The Bertz CT molecular complexity index is 231. The molecule has 2 rings (SSSR count). The largest absolute Gasteiger partial charge is 0.374 e. The van der Waals surface area contributed by atoms with Crippen LogP contribution in [-0.2, 0) is 4.74 Å². The molecule has 16 heavy (non-hydrogen) atoms. The number of morpholine rings is 1. The molecule has 0 saturated carbocycles. The lowest BCUT2D eigenvalue weighted by Gasteiger charge is -2.45. The fourth-order valence-electron chi connectivity index (χ4n) is 2.48. The molecular weight excluding hydrogens is 207 g/mol. The zero-order valence-electron chi connectivity index (χ0n) is 10.5. The second kappa shape index (κ2) is 4.98. The Morgan fingerprint density at radius 3 is 2.38 bits per heavy atom. The molecule has 0 bridgehead atoms. The third-order valence-electron chi connectivity index (χ3n) is 3.83. The lowest BCUT2D eigenvalue weighted by atomic mass is 10.0. The summed E-state index contributed by atoms with van der Waals surface area (Å²) in [6.45, 7) is 10.6. The Morgan fingerprint density at radius 1 is 1.12 bits per heavy atom. The summed E-state index contributed by atoms with van der Waals surface area (Å²) in [7, 11) is 0. The minimum Gasteiger partial charge on any atom is -0.374 e. The molecule has 0 spiro atoms. The first-order valence-electron chi connectivity index (χ1n) is 6.31. The summed E-state index contributed by atoms with van der Waals surface area (Å²) in [6.07, 6.45) is -0.379. The van der Waals surface area contributed by atoms with Crippen molar-refractivity contribution in [3.05, 3.63) is 0 Å². The number of rotatable bonds is 3. The molecule has 2 atom stereocenters. The summed E-state index contributed by atoms with van der Waals surface area (Å²) in [6, 6.07) is 0.914. The quantitative estimate of drug-likeness (QED) is 0.723. The molecule has 4 heteroatoms. The van der Waals surface area contributed by atoms with Crippen molar-refractivity contribution in [2.75, 3.05) is 32.8 Å². The van der Waals surface area contributed by atoms with E-state index in [1.54, 1.807) is 0 Å². The van der Waals surface area contributed by atoms with E-state index in [9.17, 15) is 4.39 Å². The van der Waals surface area contributed by atoms with Crippen LogP contribution in [-0.4, -0.2) is 66.9 Å². The van der Waals surface area contributed by atoms with Gasteiger partial charge in [-0.25, -0.2) is 4.39 Å². The smallest absolute Gasteiger partial charge is 0.125 e. The molecule has 0 aromatic rings. The average molecular weight is 230 g/mol. The van der Waals surface area contributed by atoms with Gasteiger partial charge in [-0.2, -0.15) is 0 Å². The Kier molecular flexibility index (Phi) is 3.82. The Labute approximate surface area is 97.5 Å². The van der Waals surface area contributed by atoms with Crippen molar-refractivity contribution in [3.63, 3.8) is 0 Å². The maximum absolute atomic E-state index is 12.8. The number of alkyl halides is 1. The molecule has 0 aliphatic carbocycles. The van der Waals surface area contributed by atoms with Gasteiger partial charge in [-0.3, -0.25) is 9.80 Å². The standard InChI is InChI=1S/C12H23FN2O/c1-9(2)14-4-5-16-12(8-14)10(3)15-6-11(13)7-15/h9-12H,4-8H2,1-3H3/t10?,12-/m1/s1. The van der Waals surface area contributed by atoms with Gasteiger partial charge in [-0.15, -0.1) is 0 Å². The van der Waals surface area contributed by atoms with E-state index >= 15 is 0 Å². The van der Waals surface area contributed by atoms with E-state index < -0.39 is 6.17 Å². The topological polar surface area (TPSA) is 15.7 Å². The molecular formula is C12H23FN2O. The predicted octanol–water partition coefficient (Wildman–Crippen LogP) is 1.14. The number of hydrogen-bond acceptors (Lipinski definition) is 3. The van der Waals surface area contributed by atoms with E-state index in [4.69, 9.17) is 4.74 Å². The van der Waals surface area contributed by atoms with Gasteiger partial charge in [0, 0.05) is 38.3 Å². The van der Waals surface area contributed by atoms with Crippen molar-refractivity contribution in [2.24, 2.45) is 0 Å². The maximum atomic E-state index is 12.8. The second-order valence-corrected chi connectivity index (χ2v) is 5.29. The first-order chi connectivity index (χ1) is 7.58. The Hall–Kier alpha value is -0.190. The number of halogens is 1. The van der Waals surface area contributed by atoms with Crippen LogP contribution in [0.2, 0.25) is 0 Å². The highest BCUT2D eigenvalue weighted by Gasteiger charge is 2.36. The summed E-state index contributed by atoms with van der Waals surface area (Å²) in [5, 5.41) is 0. The van der Waals surface area contributed by atoms with Gasteiger partial charge in [0.1, 0.15) is 6.17 Å². The molecule has 0 radical (unpaired) electrons. The van der Waals surface area contributed by atoms with Crippen LogP contribution < -0.4 is 0 Å². The normalized spacial score (nSPS) is 31.7. The minimum atomic E-state index is -0.618. The highest BCUT2D eigenvalue weighted by molar-refractivity contribution is 4.90. The summed E-state index contributed by atoms with van der Waals surface area (Å²) >= 11 is 0. The van der Waals surface area contributed by atoms with E-state index in [-0.39, 0.29) is 6.10 Å². The molecule has 0 N–H and O–H groups in total. The van der Waals surface area contributed by atoms with E-state index in [0.29, 0.717) is 25.2 Å². The number of ether oxygens (including phenoxy) is 1. The van der Waals surface area contributed by atoms with E-state index in [1.807, 2.05) is 0 Å². The molecule has 0 aromatic heterocycles. The lowest BCUT2D eigenvalue weighted by molar-refractivity contribution is -0.0964. The predicted molar refractivity (Wildman–Crippen MR) is 62.4 cm³/mol. The highest BCUT2D eigenvalue weighted by atomic mass is 19.1. The van der Waals surface area contributed by atoms with Crippen molar-refractivity contribution >= 4 is 0 Å². The van der Waals surface area contributed by atoms with Crippen molar-refractivity contribution in [2.45, 2.75) is 45.1 Å². The SMILES string of the molecule is CC(C)N1CCO[C@@H](C(C)N2CC(F)C2)C1. The van der Waals surface area contributed by atoms with E-state index in [2.05, 4.69) is 30.6 Å². The van der Waals surface area contributed by atoms with Crippen LogP contribution in [0, 0.1) is 0 Å². The van der Waals surface area contributed by atoms with Gasteiger partial charge < -0.3 is 4.74 Å². The molecule has 3 nitrogen and oxygen atoms in total. The molecule has 2 aliphatic heterocycles. The van der Waals surface area contributed by atoms with Gasteiger partial charge in [0.25, 0.3) is 0 Å². The number of nitrogens with zero attached hydrogens (tertiary/aromatic N) is 2. The first kappa shape index (κ1) is 12.3. The van der Waals surface area contributed by atoms with Crippen LogP contribution in [0.25, 0.3) is 0 Å². The van der Waals surface area contributed by atoms with Crippen molar-refractivity contribution in [1.82, 2.24) is 9.80 Å². The second-order valence-electron chi connectivity index (χ2n) is 5.29. The van der Waals surface area contributed by atoms with Crippen molar-refractivity contribution in [1.29, 1.82) is 0 Å². The minimum absolute atomic E-state index is 0.239. The summed E-state index contributed by atoms with van der Waals surface area (Å²) in [5.74, 6) is 0. The van der Waals surface area contributed by atoms with Crippen molar-refractivity contribution < 1.29 is 9.13 Å². The summed E-state index contributed by atoms with van der Waals surface area (Å²) in [5.41, 5.74) is 0. The average Bonchev–Trinajstić information content (AvgIpc) is 2.24. The van der Waals surface area contributed by atoms with Crippen LogP contribution in [0.5, 0.6) is 0 Å². The van der Waals surface area contributed by atoms with Crippen LogP contribution in [0.4, 0.5) is 4.39 Å². The van der Waals surface area contributed by atoms with Gasteiger partial charge >= 0.3 is 0 Å². The molecule has 94 valence electrons. The van der Waals surface area contributed by atoms with Crippen molar-refractivity contribution in [3.8, 4) is 0 Å². The van der Waals surface area contributed by atoms with E-state index in [1.165, 1.54) is 0 Å². The fourth-order valence-corrected chi connectivity index (χ4v) is 2.48. The van der Waals surface area contributed by atoms with Gasteiger partial charge in [-0.1, -0.05) is 0 Å². The Balaban J connectivity index is 1.84. The molecule has 0 aromatic carbocycles. The molecule has 2 aliphatic rings. The third kappa shape index (κ3) is 2.55. The first-order valence-corrected chi connectivity index (χ1v) is 6.31. The van der Waals surface area contributed by atoms with Crippen LogP contribution in [0.15, 0.2) is 0 Å². The molecule has 1 unspecified atom stereocenters. The van der Waals surface area contributed by atoms with Crippen LogP contribution in [0.3, 0.4) is 0 Å². The highest BCUT2D eigenvalue weighted by Crippen LogP contribution is 2.21.